The van der Waals surface area contributed by atoms with Gasteiger partial charge in [0.2, 0.25) is 0 Å². The molecular formula is C8H4Br2F2O2. The minimum Gasteiger partial charge on any atom is -0.435 e. The molecule has 1 aromatic rings. The van der Waals surface area contributed by atoms with Gasteiger partial charge >= 0.3 is 6.61 Å². The highest BCUT2D eigenvalue weighted by atomic mass is 79.9. The van der Waals surface area contributed by atoms with Gasteiger partial charge in [0.1, 0.15) is 5.75 Å². The van der Waals surface area contributed by atoms with Gasteiger partial charge in [-0.05, 0) is 44.0 Å². The molecule has 0 aliphatic carbocycles. The van der Waals surface area contributed by atoms with Crippen LogP contribution in [0, 0.1) is 0 Å². The number of ether oxygens (including phenoxy) is 1. The van der Waals surface area contributed by atoms with Gasteiger partial charge in [0.05, 0.1) is 0 Å². The largest absolute Gasteiger partial charge is 0.435 e. The fourth-order valence-electron chi connectivity index (χ4n) is 0.841. The molecule has 0 radical (unpaired) electrons. The normalized spacial score (nSPS) is 10.4. The Balaban J connectivity index is 3.09. The Morgan fingerprint density at radius 1 is 1.36 bits per heavy atom. The first-order chi connectivity index (χ1) is 6.54. The molecule has 0 saturated heterocycles. The average molecular weight is 330 g/mol. The molecule has 0 N–H and O–H groups in total. The Kier molecular flexibility index (Phi) is 4.00. The van der Waals surface area contributed by atoms with E-state index < -0.39 is 6.61 Å². The van der Waals surface area contributed by atoms with Gasteiger partial charge < -0.3 is 4.74 Å². The summed E-state index contributed by atoms with van der Waals surface area (Å²) in [6.07, 6.45) is 0.549. The maximum atomic E-state index is 11.9. The molecule has 76 valence electrons. The number of benzene rings is 1. The first kappa shape index (κ1) is 11.6. The van der Waals surface area contributed by atoms with Crippen molar-refractivity contribution >= 4 is 38.1 Å². The molecule has 1 rings (SSSR count). The van der Waals surface area contributed by atoms with Gasteiger partial charge in [-0.3, -0.25) is 4.79 Å². The summed E-state index contributed by atoms with van der Waals surface area (Å²) < 4.78 is 28.8. The number of carbonyl (C=O) groups excluding carboxylic acids is 1. The van der Waals surface area contributed by atoms with E-state index in [1.807, 2.05) is 0 Å². The minimum absolute atomic E-state index is 0.0582. The van der Waals surface area contributed by atoms with Crippen LogP contribution in [-0.4, -0.2) is 12.9 Å². The summed E-state index contributed by atoms with van der Waals surface area (Å²) in [5.41, 5.74) is 0.245. The van der Waals surface area contributed by atoms with Crippen molar-refractivity contribution in [3.05, 3.63) is 26.6 Å². The van der Waals surface area contributed by atoms with Gasteiger partial charge in [-0.2, -0.15) is 8.78 Å². The number of carbonyl (C=O) groups is 1. The molecule has 0 aromatic heterocycles. The fourth-order valence-corrected chi connectivity index (χ4v) is 1.62. The fraction of sp³-hybridized carbons (Fsp3) is 0.125. The Labute approximate surface area is 95.5 Å². The molecule has 0 saturated carbocycles. The van der Waals surface area contributed by atoms with Crippen molar-refractivity contribution in [1.29, 1.82) is 0 Å². The van der Waals surface area contributed by atoms with E-state index >= 15 is 0 Å². The van der Waals surface area contributed by atoms with Crippen LogP contribution in [0.25, 0.3) is 0 Å². The third kappa shape index (κ3) is 2.75. The molecule has 1 aromatic carbocycles. The number of alkyl halides is 2. The van der Waals surface area contributed by atoms with E-state index in [0.717, 1.165) is 0 Å². The lowest BCUT2D eigenvalue weighted by Crippen LogP contribution is -2.02. The zero-order chi connectivity index (χ0) is 10.7. The predicted molar refractivity (Wildman–Crippen MR) is 53.9 cm³/mol. The van der Waals surface area contributed by atoms with Gasteiger partial charge in [0, 0.05) is 14.5 Å². The van der Waals surface area contributed by atoms with E-state index in [1.54, 1.807) is 0 Å². The number of rotatable bonds is 3. The first-order valence-electron chi connectivity index (χ1n) is 3.43. The summed E-state index contributed by atoms with van der Waals surface area (Å²) in [4.78, 5) is 10.5. The summed E-state index contributed by atoms with van der Waals surface area (Å²) in [5.74, 6) is -0.0582. The molecule has 0 amide bonds. The lowest BCUT2D eigenvalue weighted by atomic mass is 10.2. The summed E-state index contributed by atoms with van der Waals surface area (Å²) in [6, 6.07) is 2.58. The second-order valence-electron chi connectivity index (χ2n) is 2.30. The quantitative estimate of drug-likeness (QED) is 0.792. The van der Waals surface area contributed by atoms with Crippen LogP contribution >= 0.6 is 31.9 Å². The van der Waals surface area contributed by atoms with Crippen LogP contribution in [0.15, 0.2) is 21.1 Å². The Hall–Kier alpha value is -0.490. The minimum atomic E-state index is -2.90. The Morgan fingerprint density at radius 3 is 2.50 bits per heavy atom. The molecule has 0 aliphatic rings. The SMILES string of the molecule is O=Cc1cc(OC(F)F)cc(Br)c1Br. The van der Waals surface area contributed by atoms with E-state index in [2.05, 4.69) is 36.6 Å². The first-order valence-corrected chi connectivity index (χ1v) is 5.02. The number of aldehydes is 1. The molecule has 0 bridgehead atoms. The smallest absolute Gasteiger partial charge is 0.387 e. The third-order valence-corrected chi connectivity index (χ3v) is 3.42. The monoisotopic (exact) mass is 328 g/mol. The summed E-state index contributed by atoms with van der Waals surface area (Å²) in [7, 11) is 0. The Morgan fingerprint density at radius 2 is 2.00 bits per heavy atom. The molecular weight excluding hydrogens is 326 g/mol. The van der Waals surface area contributed by atoms with Gasteiger partial charge in [-0.1, -0.05) is 0 Å². The van der Waals surface area contributed by atoms with Gasteiger partial charge in [0.15, 0.2) is 6.29 Å². The highest BCUT2D eigenvalue weighted by molar-refractivity contribution is 9.13. The zero-order valence-corrected chi connectivity index (χ0v) is 9.81. The van der Waals surface area contributed by atoms with Gasteiger partial charge in [-0.15, -0.1) is 0 Å². The van der Waals surface area contributed by atoms with E-state index in [1.165, 1.54) is 12.1 Å². The lowest BCUT2D eigenvalue weighted by Gasteiger charge is -2.07. The van der Waals surface area contributed by atoms with Crippen molar-refractivity contribution in [2.45, 2.75) is 6.61 Å². The molecule has 0 spiro atoms. The van der Waals surface area contributed by atoms with E-state index in [4.69, 9.17) is 0 Å². The molecule has 6 heteroatoms. The van der Waals surface area contributed by atoms with Crippen molar-refractivity contribution in [2.75, 3.05) is 0 Å². The van der Waals surface area contributed by atoms with Crippen LogP contribution in [0.4, 0.5) is 8.78 Å². The van der Waals surface area contributed by atoms with Crippen LogP contribution < -0.4 is 4.74 Å². The molecule has 14 heavy (non-hydrogen) atoms. The predicted octanol–water partition coefficient (Wildman–Crippen LogP) is 3.63. The molecule has 0 atom stereocenters. The summed E-state index contributed by atoms with van der Waals surface area (Å²) in [6.45, 7) is -2.90. The maximum absolute atomic E-state index is 11.9. The second kappa shape index (κ2) is 4.84. The highest BCUT2D eigenvalue weighted by Crippen LogP contribution is 2.31. The zero-order valence-electron chi connectivity index (χ0n) is 6.64. The molecule has 0 aliphatic heterocycles. The van der Waals surface area contributed by atoms with Crippen LogP contribution in [0.2, 0.25) is 0 Å². The second-order valence-corrected chi connectivity index (χ2v) is 3.95. The van der Waals surface area contributed by atoms with E-state index in [-0.39, 0.29) is 11.3 Å². The van der Waals surface area contributed by atoms with Crippen LogP contribution in [0.1, 0.15) is 10.4 Å². The third-order valence-electron chi connectivity index (χ3n) is 1.38. The molecule has 2 nitrogen and oxygen atoms in total. The summed E-state index contributed by atoms with van der Waals surface area (Å²) >= 11 is 6.22. The maximum Gasteiger partial charge on any atom is 0.387 e. The van der Waals surface area contributed by atoms with E-state index in [9.17, 15) is 13.6 Å². The molecule has 0 fully saturated rings. The van der Waals surface area contributed by atoms with Crippen molar-refractivity contribution in [1.82, 2.24) is 0 Å². The topological polar surface area (TPSA) is 26.3 Å². The number of halogens is 4. The van der Waals surface area contributed by atoms with Crippen LogP contribution in [0.3, 0.4) is 0 Å². The van der Waals surface area contributed by atoms with Gasteiger partial charge in [0.25, 0.3) is 0 Å². The number of hydrogen-bond donors (Lipinski definition) is 0. The van der Waals surface area contributed by atoms with E-state index in [0.29, 0.717) is 15.2 Å². The Bertz CT molecular complexity index is 355. The van der Waals surface area contributed by atoms with Gasteiger partial charge in [-0.25, -0.2) is 0 Å². The standard InChI is InChI=1S/C8H4Br2F2O2/c9-6-2-5(14-8(11)12)1-4(3-13)7(6)10/h1-3,8H. The van der Waals surface area contributed by atoms with Crippen LogP contribution in [0.5, 0.6) is 5.75 Å². The van der Waals surface area contributed by atoms with Crippen molar-refractivity contribution in [3.8, 4) is 5.75 Å². The van der Waals surface area contributed by atoms with Crippen molar-refractivity contribution in [2.24, 2.45) is 0 Å². The van der Waals surface area contributed by atoms with Crippen molar-refractivity contribution in [3.63, 3.8) is 0 Å². The molecule has 0 unspecified atom stereocenters. The lowest BCUT2D eigenvalue weighted by molar-refractivity contribution is -0.0499. The average Bonchev–Trinajstić information content (AvgIpc) is 2.10. The summed E-state index contributed by atoms with van der Waals surface area (Å²) in [5, 5.41) is 0. The van der Waals surface area contributed by atoms with Crippen molar-refractivity contribution < 1.29 is 18.3 Å². The molecule has 0 heterocycles. The van der Waals surface area contributed by atoms with Crippen LogP contribution in [-0.2, 0) is 0 Å². The highest BCUT2D eigenvalue weighted by Gasteiger charge is 2.10. The number of hydrogen-bond acceptors (Lipinski definition) is 2.